The van der Waals surface area contributed by atoms with Gasteiger partial charge in [0.25, 0.3) is 5.91 Å². The van der Waals surface area contributed by atoms with Crippen LogP contribution in [0.3, 0.4) is 0 Å². The maximum absolute atomic E-state index is 12.8. The van der Waals surface area contributed by atoms with Crippen molar-refractivity contribution in [3.8, 4) is 0 Å². The third-order valence-electron chi connectivity index (χ3n) is 5.66. The summed E-state index contributed by atoms with van der Waals surface area (Å²) in [5.41, 5.74) is 3.17. The highest BCUT2D eigenvalue weighted by Gasteiger charge is 2.25. The summed E-state index contributed by atoms with van der Waals surface area (Å²) < 4.78 is 0. The van der Waals surface area contributed by atoms with Crippen molar-refractivity contribution >= 4 is 11.9 Å². The molecule has 2 aliphatic heterocycles. The van der Waals surface area contributed by atoms with Crippen molar-refractivity contribution in [1.82, 2.24) is 14.9 Å². The van der Waals surface area contributed by atoms with E-state index in [0.717, 1.165) is 31.9 Å². The normalized spacial score (nSPS) is 20.0. The van der Waals surface area contributed by atoms with Crippen LogP contribution in [0.25, 0.3) is 0 Å². The Kier molecular flexibility index (Phi) is 4.87. The number of carbonyl (C=O) groups is 1. The number of anilines is 1. The molecule has 1 amide bonds. The first kappa shape index (κ1) is 17.0. The van der Waals surface area contributed by atoms with Gasteiger partial charge in [0.2, 0.25) is 5.95 Å². The second-order valence-corrected chi connectivity index (χ2v) is 7.27. The molecule has 0 aliphatic carbocycles. The van der Waals surface area contributed by atoms with Crippen molar-refractivity contribution < 1.29 is 4.79 Å². The molecule has 0 radical (unpaired) electrons. The molecule has 1 atom stereocenters. The van der Waals surface area contributed by atoms with Gasteiger partial charge in [-0.3, -0.25) is 4.79 Å². The lowest BCUT2D eigenvalue weighted by atomic mass is 9.99. The molecule has 1 fully saturated rings. The summed E-state index contributed by atoms with van der Waals surface area (Å²) in [6.07, 6.45) is 9.09. The van der Waals surface area contributed by atoms with Gasteiger partial charge in [-0.15, -0.1) is 0 Å². The Labute approximate surface area is 155 Å². The quantitative estimate of drug-likeness (QED) is 0.851. The number of benzene rings is 1. The van der Waals surface area contributed by atoms with Crippen molar-refractivity contribution in [3.63, 3.8) is 0 Å². The standard InChI is InChI=1S/C21H26N4O/c1-2-19-9-5-6-11-25(19)21-22-13-18(14-23-21)20(26)24-12-10-16-7-3-4-8-17(16)15-24/h3-4,7-8,13-14,19H,2,5-6,9-12,15H2,1H3. The van der Waals surface area contributed by atoms with Crippen LogP contribution in [-0.2, 0) is 13.0 Å². The minimum atomic E-state index is 0.0248. The van der Waals surface area contributed by atoms with Crippen molar-refractivity contribution in [2.75, 3.05) is 18.0 Å². The van der Waals surface area contributed by atoms with Crippen LogP contribution in [0.4, 0.5) is 5.95 Å². The van der Waals surface area contributed by atoms with E-state index in [9.17, 15) is 4.79 Å². The van der Waals surface area contributed by atoms with Crippen LogP contribution in [0.15, 0.2) is 36.7 Å². The Morgan fingerprint density at radius 3 is 2.65 bits per heavy atom. The van der Waals surface area contributed by atoms with Gasteiger partial charge < -0.3 is 9.80 Å². The minimum absolute atomic E-state index is 0.0248. The Balaban J connectivity index is 1.48. The van der Waals surface area contributed by atoms with Crippen LogP contribution >= 0.6 is 0 Å². The summed E-state index contributed by atoms with van der Waals surface area (Å²) in [6.45, 7) is 4.65. The average Bonchev–Trinajstić information content (AvgIpc) is 2.73. The Morgan fingerprint density at radius 1 is 1.12 bits per heavy atom. The van der Waals surface area contributed by atoms with Crippen LogP contribution in [0.1, 0.15) is 54.1 Å². The van der Waals surface area contributed by atoms with E-state index in [1.54, 1.807) is 12.4 Å². The van der Waals surface area contributed by atoms with Crippen molar-refractivity contribution in [3.05, 3.63) is 53.3 Å². The Hall–Kier alpha value is -2.43. The summed E-state index contributed by atoms with van der Waals surface area (Å²) in [7, 11) is 0. The molecular formula is C21H26N4O. The molecule has 26 heavy (non-hydrogen) atoms. The molecule has 3 heterocycles. The number of aromatic nitrogens is 2. The second kappa shape index (κ2) is 7.44. The van der Waals surface area contributed by atoms with Gasteiger partial charge in [0.1, 0.15) is 0 Å². The lowest BCUT2D eigenvalue weighted by Gasteiger charge is -2.35. The number of fused-ring (bicyclic) bond motifs is 1. The lowest BCUT2D eigenvalue weighted by Crippen LogP contribution is -2.40. The highest BCUT2D eigenvalue weighted by atomic mass is 16.2. The summed E-state index contributed by atoms with van der Waals surface area (Å²) in [5, 5.41) is 0. The van der Waals surface area contributed by atoms with Crippen molar-refractivity contribution in [1.29, 1.82) is 0 Å². The van der Waals surface area contributed by atoms with E-state index in [-0.39, 0.29) is 5.91 Å². The highest BCUT2D eigenvalue weighted by Crippen LogP contribution is 2.24. The van der Waals surface area contributed by atoms with Gasteiger partial charge in [-0.25, -0.2) is 9.97 Å². The predicted octanol–water partition coefficient (Wildman–Crippen LogP) is 3.44. The van der Waals surface area contributed by atoms with E-state index >= 15 is 0 Å². The summed E-state index contributed by atoms with van der Waals surface area (Å²) in [4.78, 5) is 26.1. The predicted molar refractivity (Wildman–Crippen MR) is 102 cm³/mol. The Bertz CT molecular complexity index is 774. The molecule has 0 bridgehead atoms. The topological polar surface area (TPSA) is 49.3 Å². The molecule has 2 aromatic rings. The number of nitrogens with zero attached hydrogens (tertiary/aromatic N) is 4. The molecule has 2 aliphatic rings. The van der Waals surface area contributed by atoms with Crippen LogP contribution in [0, 0.1) is 0 Å². The van der Waals surface area contributed by atoms with Gasteiger partial charge >= 0.3 is 0 Å². The van der Waals surface area contributed by atoms with E-state index < -0.39 is 0 Å². The number of hydrogen-bond donors (Lipinski definition) is 0. The second-order valence-electron chi connectivity index (χ2n) is 7.27. The van der Waals surface area contributed by atoms with Gasteiger partial charge in [0, 0.05) is 38.1 Å². The fourth-order valence-corrected chi connectivity index (χ4v) is 4.12. The maximum Gasteiger partial charge on any atom is 0.257 e. The third kappa shape index (κ3) is 3.30. The minimum Gasteiger partial charge on any atom is -0.338 e. The molecule has 1 aromatic heterocycles. The third-order valence-corrected chi connectivity index (χ3v) is 5.66. The number of piperidine rings is 1. The summed E-state index contributed by atoms with van der Waals surface area (Å²) >= 11 is 0. The van der Waals surface area contributed by atoms with E-state index in [4.69, 9.17) is 0 Å². The molecule has 5 nitrogen and oxygen atoms in total. The SMILES string of the molecule is CCC1CCCCN1c1ncc(C(=O)N2CCc3ccccc3C2)cn1. The van der Waals surface area contributed by atoms with Gasteiger partial charge in [0.15, 0.2) is 0 Å². The van der Waals surface area contributed by atoms with E-state index in [0.29, 0.717) is 18.2 Å². The maximum atomic E-state index is 12.8. The molecule has 136 valence electrons. The van der Waals surface area contributed by atoms with Crippen LogP contribution < -0.4 is 4.90 Å². The molecule has 4 rings (SSSR count). The zero-order valence-corrected chi connectivity index (χ0v) is 15.4. The van der Waals surface area contributed by atoms with Crippen LogP contribution in [0.5, 0.6) is 0 Å². The molecule has 0 saturated carbocycles. The number of rotatable bonds is 3. The lowest BCUT2D eigenvalue weighted by molar-refractivity contribution is 0.0734. The number of hydrogen-bond acceptors (Lipinski definition) is 4. The molecule has 0 N–H and O–H groups in total. The fourth-order valence-electron chi connectivity index (χ4n) is 4.12. The van der Waals surface area contributed by atoms with Crippen LogP contribution in [-0.4, -0.2) is 39.9 Å². The number of carbonyl (C=O) groups excluding carboxylic acids is 1. The van der Waals surface area contributed by atoms with E-state index in [1.807, 2.05) is 11.0 Å². The summed E-state index contributed by atoms with van der Waals surface area (Å²) in [6, 6.07) is 8.87. The van der Waals surface area contributed by atoms with Crippen molar-refractivity contribution in [2.45, 2.75) is 51.6 Å². The zero-order chi connectivity index (χ0) is 17.9. The number of amides is 1. The van der Waals surface area contributed by atoms with Crippen molar-refractivity contribution in [2.24, 2.45) is 0 Å². The average molecular weight is 350 g/mol. The molecule has 5 heteroatoms. The van der Waals surface area contributed by atoms with Crippen LogP contribution in [0.2, 0.25) is 0 Å². The first-order valence-corrected chi connectivity index (χ1v) is 9.71. The van der Waals surface area contributed by atoms with Gasteiger partial charge in [-0.1, -0.05) is 31.2 Å². The fraction of sp³-hybridized carbons (Fsp3) is 0.476. The molecular weight excluding hydrogens is 324 g/mol. The van der Waals surface area contributed by atoms with Gasteiger partial charge in [-0.05, 0) is 43.2 Å². The monoisotopic (exact) mass is 350 g/mol. The molecule has 1 saturated heterocycles. The Morgan fingerprint density at radius 2 is 1.88 bits per heavy atom. The molecule has 0 spiro atoms. The van der Waals surface area contributed by atoms with E-state index in [2.05, 4.69) is 40.0 Å². The zero-order valence-electron chi connectivity index (χ0n) is 15.4. The van der Waals surface area contributed by atoms with Gasteiger partial charge in [-0.2, -0.15) is 0 Å². The van der Waals surface area contributed by atoms with Gasteiger partial charge in [0.05, 0.1) is 5.56 Å². The smallest absolute Gasteiger partial charge is 0.257 e. The molecule has 1 unspecified atom stereocenters. The highest BCUT2D eigenvalue weighted by molar-refractivity contribution is 5.93. The summed E-state index contributed by atoms with van der Waals surface area (Å²) in [5.74, 6) is 0.786. The van der Waals surface area contributed by atoms with E-state index in [1.165, 1.54) is 30.4 Å². The first-order chi connectivity index (χ1) is 12.8. The molecule has 1 aromatic carbocycles. The first-order valence-electron chi connectivity index (χ1n) is 9.71. The largest absolute Gasteiger partial charge is 0.338 e.